The number of likely N-dealkylation sites (tertiary alicyclic amines) is 1. The fraction of sp³-hybridized carbons (Fsp3) is 0.833. The third kappa shape index (κ3) is 3.70. The molecule has 0 saturated carbocycles. The number of carbonyl (C=O) groups is 2. The molecule has 0 aromatic rings. The summed E-state index contributed by atoms with van der Waals surface area (Å²) in [5.74, 6) is -1.43. The molecule has 0 bridgehead atoms. The Morgan fingerprint density at radius 2 is 2.06 bits per heavy atom. The monoisotopic (exact) mass is 242 g/mol. The van der Waals surface area contributed by atoms with Gasteiger partial charge in [0.2, 0.25) is 5.91 Å². The van der Waals surface area contributed by atoms with E-state index in [-0.39, 0.29) is 17.9 Å². The summed E-state index contributed by atoms with van der Waals surface area (Å²) in [6, 6.07) is 0.151. The summed E-state index contributed by atoms with van der Waals surface area (Å²) in [6.45, 7) is 5.52. The maximum absolute atomic E-state index is 12.0. The molecule has 1 fully saturated rings. The van der Waals surface area contributed by atoms with Crippen LogP contribution in [0.4, 0.5) is 0 Å². The van der Waals surface area contributed by atoms with Gasteiger partial charge < -0.3 is 15.0 Å². The van der Waals surface area contributed by atoms with Gasteiger partial charge in [0, 0.05) is 12.6 Å². The lowest BCUT2D eigenvalue weighted by molar-refractivity contribution is -0.152. The molecule has 1 saturated heterocycles. The van der Waals surface area contributed by atoms with Crippen molar-refractivity contribution in [1.82, 2.24) is 10.2 Å². The number of rotatable bonds is 4. The number of nitrogens with zero attached hydrogens (tertiary/aromatic N) is 1. The van der Waals surface area contributed by atoms with Crippen molar-refractivity contribution < 1.29 is 14.3 Å². The molecule has 0 radical (unpaired) electrons. The number of ether oxygens (including phenoxy) is 1. The van der Waals surface area contributed by atoms with Crippen LogP contribution in [0.5, 0.6) is 0 Å². The zero-order chi connectivity index (χ0) is 13.0. The summed E-state index contributed by atoms with van der Waals surface area (Å²) in [4.78, 5) is 25.7. The predicted octanol–water partition coefficient (Wildman–Crippen LogP) is 0.252. The van der Waals surface area contributed by atoms with Crippen molar-refractivity contribution in [2.75, 3.05) is 27.2 Å². The Bertz CT molecular complexity index is 291. The molecular formula is C12H22N2O3. The quantitative estimate of drug-likeness (QED) is 0.567. The highest BCUT2D eigenvalue weighted by Crippen LogP contribution is 2.14. The van der Waals surface area contributed by atoms with Crippen LogP contribution in [0.15, 0.2) is 0 Å². The highest BCUT2D eigenvalue weighted by molar-refractivity contribution is 5.98. The number of amides is 1. The topological polar surface area (TPSA) is 58.6 Å². The molecule has 1 aliphatic rings. The van der Waals surface area contributed by atoms with Crippen molar-refractivity contribution in [3.8, 4) is 0 Å². The molecule has 98 valence electrons. The van der Waals surface area contributed by atoms with Gasteiger partial charge in [-0.15, -0.1) is 0 Å². The van der Waals surface area contributed by atoms with Gasteiger partial charge in [-0.2, -0.15) is 0 Å². The number of hydrogen-bond donors (Lipinski definition) is 1. The largest absolute Gasteiger partial charge is 0.468 e. The van der Waals surface area contributed by atoms with E-state index >= 15 is 0 Å². The zero-order valence-electron chi connectivity index (χ0n) is 11.0. The van der Waals surface area contributed by atoms with Gasteiger partial charge in [-0.25, -0.2) is 0 Å². The van der Waals surface area contributed by atoms with Crippen molar-refractivity contribution >= 4 is 11.9 Å². The van der Waals surface area contributed by atoms with Crippen LogP contribution in [-0.2, 0) is 14.3 Å². The van der Waals surface area contributed by atoms with E-state index in [1.54, 1.807) is 0 Å². The van der Waals surface area contributed by atoms with Gasteiger partial charge >= 0.3 is 5.97 Å². The van der Waals surface area contributed by atoms with Gasteiger partial charge in [0.25, 0.3) is 0 Å². The number of likely N-dealkylation sites (N-methyl/N-ethyl adjacent to an activating group) is 1. The van der Waals surface area contributed by atoms with Gasteiger partial charge in [-0.3, -0.25) is 9.59 Å². The van der Waals surface area contributed by atoms with Crippen molar-refractivity contribution in [2.24, 2.45) is 11.8 Å². The van der Waals surface area contributed by atoms with Crippen LogP contribution in [0.3, 0.4) is 0 Å². The first-order valence-corrected chi connectivity index (χ1v) is 6.02. The van der Waals surface area contributed by atoms with E-state index in [0.29, 0.717) is 0 Å². The maximum Gasteiger partial charge on any atom is 0.318 e. The van der Waals surface area contributed by atoms with E-state index in [4.69, 9.17) is 0 Å². The lowest BCUT2D eigenvalue weighted by Gasteiger charge is -2.20. The first-order chi connectivity index (χ1) is 7.95. The third-order valence-electron chi connectivity index (χ3n) is 3.14. The minimum atomic E-state index is -0.703. The van der Waals surface area contributed by atoms with Gasteiger partial charge in [0.15, 0.2) is 0 Å². The van der Waals surface area contributed by atoms with Crippen LogP contribution < -0.4 is 5.32 Å². The minimum absolute atomic E-state index is 0.0541. The lowest BCUT2D eigenvalue weighted by Crippen LogP contribution is -2.44. The Hall–Kier alpha value is -1.10. The highest BCUT2D eigenvalue weighted by atomic mass is 16.5. The molecule has 1 amide bonds. The molecule has 1 aliphatic heterocycles. The molecule has 0 aliphatic carbocycles. The molecule has 1 N–H and O–H groups in total. The minimum Gasteiger partial charge on any atom is -0.468 e. The Labute approximate surface area is 102 Å². The molecular weight excluding hydrogens is 220 g/mol. The Kier molecular flexibility index (Phi) is 4.93. The first kappa shape index (κ1) is 14.0. The summed E-state index contributed by atoms with van der Waals surface area (Å²) in [5.41, 5.74) is 0. The highest BCUT2D eigenvalue weighted by Gasteiger charge is 2.33. The maximum atomic E-state index is 12.0. The molecule has 5 heteroatoms. The molecule has 2 atom stereocenters. The van der Waals surface area contributed by atoms with E-state index in [0.717, 1.165) is 19.5 Å². The summed E-state index contributed by atoms with van der Waals surface area (Å²) in [5, 5.41) is 2.92. The molecule has 5 nitrogen and oxygen atoms in total. The van der Waals surface area contributed by atoms with Crippen LogP contribution in [0.1, 0.15) is 20.3 Å². The molecule has 17 heavy (non-hydrogen) atoms. The SMILES string of the molecule is COC(=O)C(C(=O)NC1CCN(C)C1)C(C)C. The van der Waals surface area contributed by atoms with Crippen LogP contribution in [0.25, 0.3) is 0 Å². The second kappa shape index (κ2) is 6.00. The fourth-order valence-electron chi connectivity index (χ4n) is 2.15. The van der Waals surface area contributed by atoms with Crippen molar-refractivity contribution in [2.45, 2.75) is 26.3 Å². The molecule has 2 unspecified atom stereocenters. The van der Waals surface area contributed by atoms with Gasteiger partial charge in [0.05, 0.1) is 7.11 Å². The summed E-state index contributed by atoms with van der Waals surface area (Å²) < 4.78 is 4.67. The molecule has 0 spiro atoms. The Balaban J connectivity index is 2.56. The summed E-state index contributed by atoms with van der Waals surface area (Å²) >= 11 is 0. The molecule has 1 heterocycles. The van der Waals surface area contributed by atoms with E-state index in [9.17, 15) is 9.59 Å². The van der Waals surface area contributed by atoms with Crippen LogP contribution in [0, 0.1) is 11.8 Å². The van der Waals surface area contributed by atoms with Crippen molar-refractivity contribution in [1.29, 1.82) is 0 Å². The lowest BCUT2D eigenvalue weighted by atomic mass is 9.94. The Morgan fingerprint density at radius 1 is 1.41 bits per heavy atom. The van der Waals surface area contributed by atoms with E-state index < -0.39 is 11.9 Å². The van der Waals surface area contributed by atoms with E-state index in [2.05, 4.69) is 15.0 Å². The Morgan fingerprint density at radius 3 is 2.47 bits per heavy atom. The van der Waals surface area contributed by atoms with Crippen LogP contribution in [0.2, 0.25) is 0 Å². The van der Waals surface area contributed by atoms with E-state index in [1.807, 2.05) is 20.9 Å². The van der Waals surface area contributed by atoms with E-state index in [1.165, 1.54) is 7.11 Å². The third-order valence-corrected chi connectivity index (χ3v) is 3.14. The second-order valence-electron chi connectivity index (χ2n) is 5.00. The number of methoxy groups -OCH3 is 1. The number of carbonyl (C=O) groups excluding carboxylic acids is 2. The first-order valence-electron chi connectivity index (χ1n) is 6.02. The van der Waals surface area contributed by atoms with Crippen molar-refractivity contribution in [3.63, 3.8) is 0 Å². The molecule has 1 rings (SSSR count). The van der Waals surface area contributed by atoms with Crippen molar-refractivity contribution in [3.05, 3.63) is 0 Å². The smallest absolute Gasteiger partial charge is 0.318 e. The van der Waals surface area contributed by atoms with Gasteiger partial charge in [-0.05, 0) is 25.9 Å². The summed E-state index contributed by atoms with van der Waals surface area (Å²) in [7, 11) is 3.33. The van der Waals surface area contributed by atoms with Gasteiger partial charge in [-0.1, -0.05) is 13.8 Å². The van der Waals surface area contributed by atoms with Gasteiger partial charge in [0.1, 0.15) is 5.92 Å². The summed E-state index contributed by atoms with van der Waals surface area (Å²) in [6.07, 6.45) is 0.939. The number of esters is 1. The van der Waals surface area contributed by atoms with Crippen LogP contribution >= 0.6 is 0 Å². The molecule has 0 aromatic carbocycles. The standard InChI is InChI=1S/C12H22N2O3/c1-8(2)10(12(16)17-4)11(15)13-9-5-6-14(3)7-9/h8-10H,5-7H2,1-4H3,(H,13,15). The normalized spacial score (nSPS) is 22.5. The predicted molar refractivity (Wildman–Crippen MR) is 64.4 cm³/mol. The number of nitrogens with one attached hydrogen (secondary N) is 1. The molecule has 0 aromatic heterocycles. The second-order valence-corrected chi connectivity index (χ2v) is 5.00. The average molecular weight is 242 g/mol. The fourth-order valence-corrected chi connectivity index (χ4v) is 2.15. The zero-order valence-corrected chi connectivity index (χ0v) is 11.0. The van der Waals surface area contributed by atoms with Crippen LogP contribution in [-0.4, -0.2) is 50.1 Å². The number of hydrogen-bond acceptors (Lipinski definition) is 4. The average Bonchev–Trinajstić information content (AvgIpc) is 2.63.